The number of ether oxygens (including phenoxy) is 1. The predicted octanol–water partition coefficient (Wildman–Crippen LogP) is -0.483. The zero-order valence-corrected chi connectivity index (χ0v) is 5.66. The summed E-state index contributed by atoms with van der Waals surface area (Å²) in [5, 5.41) is 18.4. The van der Waals surface area contributed by atoms with E-state index < -0.39 is 11.7 Å². The van der Waals surface area contributed by atoms with Crippen molar-refractivity contribution in [3.63, 3.8) is 0 Å². The largest absolute Gasteiger partial charge is 0.388 e. The van der Waals surface area contributed by atoms with Gasteiger partial charge in [0.25, 0.3) is 0 Å². The molecule has 3 nitrogen and oxygen atoms in total. The second-order valence-electron chi connectivity index (χ2n) is 2.72. The fourth-order valence-electron chi connectivity index (χ4n) is 0.844. The Morgan fingerprint density at radius 2 is 2.22 bits per heavy atom. The van der Waals surface area contributed by atoms with E-state index >= 15 is 0 Å². The Balaban J connectivity index is 2.66. The molecule has 0 aromatic rings. The third-order valence-electron chi connectivity index (χ3n) is 2.00. The van der Waals surface area contributed by atoms with Crippen LogP contribution in [0.2, 0.25) is 0 Å². The van der Waals surface area contributed by atoms with Crippen LogP contribution in [0.1, 0.15) is 13.8 Å². The molecule has 0 spiro atoms. The second kappa shape index (κ2) is 1.94. The van der Waals surface area contributed by atoms with E-state index in [1.165, 1.54) is 0 Å². The van der Waals surface area contributed by atoms with E-state index in [2.05, 4.69) is 0 Å². The van der Waals surface area contributed by atoms with Crippen molar-refractivity contribution in [1.29, 1.82) is 0 Å². The summed E-state index contributed by atoms with van der Waals surface area (Å²) < 4.78 is 4.98. The lowest BCUT2D eigenvalue weighted by molar-refractivity contribution is -0.0565. The standard InChI is InChI=1S/C6H12O3/c1-4-6(2,8)5(7)3-9-4/h4-5,7-8H,3H2,1-2H3/t4-,5-,6+/m0/s1. The summed E-state index contributed by atoms with van der Waals surface area (Å²) in [5.74, 6) is 0. The Hall–Kier alpha value is -0.120. The van der Waals surface area contributed by atoms with Gasteiger partial charge >= 0.3 is 0 Å². The highest BCUT2D eigenvalue weighted by Gasteiger charge is 2.42. The molecule has 0 aliphatic carbocycles. The fraction of sp³-hybridized carbons (Fsp3) is 1.00. The van der Waals surface area contributed by atoms with Crippen molar-refractivity contribution in [3.05, 3.63) is 0 Å². The highest BCUT2D eigenvalue weighted by molar-refractivity contribution is 4.92. The number of rotatable bonds is 0. The zero-order chi connectivity index (χ0) is 7.07. The van der Waals surface area contributed by atoms with Crippen molar-refractivity contribution in [1.82, 2.24) is 0 Å². The summed E-state index contributed by atoms with van der Waals surface area (Å²) in [6.07, 6.45) is -0.986. The Kier molecular flexibility index (Phi) is 1.50. The van der Waals surface area contributed by atoms with Crippen LogP contribution in [0.25, 0.3) is 0 Å². The molecule has 1 fully saturated rings. The molecular weight excluding hydrogens is 120 g/mol. The molecule has 0 bridgehead atoms. The lowest BCUT2D eigenvalue weighted by Gasteiger charge is -2.22. The van der Waals surface area contributed by atoms with Gasteiger partial charge in [-0.1, -0.05) is 0 Å². The molecule has 9 heavy (non-hydrogen) atoms. The average molecular weight is 132 g/mol. The first-order chi connectivity index (χ1) is 4.05. The molecular formula is C6H12O3. The Labute approximate surface area is 54.3 Å². The lowest BCUT2D eigenvalue weighted by Crippen LogP contribution is -2.42. The van der Waals surface area contributed by atoms with Crippen LogP contribution < -0.4 is 0 Å². The summed E-state index contributed by atoms with van der Waals surface area (Å²) in [6.45, 7) is 3.57. The predicted molar refractivity (Wildman–Crippen MR) is 32.0 cm³/mol. The molecule has 2 N–H and O–H groups in total. The normalized spacial score (nSPS) is 52.0. The van der Waals surface area contributed by atoms with Crippen molar-refractivity contribution in [2.45, 2.75) is 31.7 Å². The molecule has 1 aliphatic rings. The van der Waals surface area contributed by atoms with Gasteiger partial charge in [0.05, 0.1) is 12.7 Å². The number of aliphatic hydroxyl groups excluding tert-OH is 1. The first-order valence-electron chi connectivity index (χ1n) is 3.07. The lowest BCUT2D eigenvalue weighted by atomic mass is 9.97. The van der Waals surface area contributed by atoms with Gasteiger partial charge in [-0.2, -0.15) is 0 Å². The second-order valence-corrected chi connectivity index (χ2v) is 2.72. The summed E-state index contributed by atoms with van der Waals surface area (Å²) in [6, 6.07) is 0. The molecule has 54 valence electrons. The van der Waals surface area contributed by atoms with Crippen molar-refractivity contribution >= 4 is 0 Å². The van der Waals surface area contributed by atoms with Gasteiger partial charge in [-0.25, -0.2) is 0 Å². The molecule has 1 aliphatic heterocycles. The van der Waals surface area contributed by atoms with Gasteiger partial charge in [0, 0.05) is 0 Å². The van der Waals surface area contributed by atoms with Gasteiger partial charge in [0.2, 0.25) is 0 Å². The third kappa shape index (κ3) is 0.956. The topological polar surface area (TPSA) is 49.7 Å². The van der Waals surface area contributed by atoms with E-state index in [1.54, 1.807) is 13.8 Å². The molecule has 0 unspecified atom stereocenters. The molecule has 3 atom stereocenters. The van der Waals surface area contributed by atoms with Crippen LogP contribution >= 0.6 is 0 Å². The van der Waals surface area contributed by atoms with Crippen LogP contribution in [0.3, 0.4) is 0 Å². The summed E-state index contributed by atoms with van der Waals surface area (Å²) in [4.78, 5) is 0. The maximum Gasteiger partial charge on any atom is 0.116 e. The summed E-state index contributed by atoms with van der Waals surface area (Å²) in [5.41, 5.74) is -1.06. The number of hydrogen-bond donors (Lipinski definition) is 2. The van der Waals surface area contributed by atoms with Gasteiger partial charge in [-0.3, -0.25) is 0 Å². The Morgan fingerprint density at radius 1 is 1.67 bits per heavy atom. The minimum absolute atomic E-state index is 0.244. The molecule has 1 rings (SSSR count). The van der Waals surface area contributed by atoms with E-state index in [0.717, 1.165) is 0 Å². The van der Waals surface area contributed by atoms with Gasteiger partial charge in [-0.05, 0) is 13.8 Å². The number of aliphatic hydroxyl groups is 2. The van der Waals surface area contributed by atoms with E-state index in [4.69, 9.17) is 9.84 Å². The van der Waals surface area contributed by atoms with Crippen LogP contribution in [0.4, 0.5) is 0 Å². The smallest absolute Gasteiger partial charge is 0.116 e. The van der Waals surface area contributed by atoms with Gasteiger partial charge < -0.3 is 14.9 Å². The monoisotopic (exact) mass is 132 g/mol. The van der Waals surface area contributed by atoms with Crippen LogP contribution in [0, 0.1) is 0 Å². The Bertz CT molecular complexity index is 98.9. The molecule has 0 aromatic carbocycles. The molecule has 1 saturated heterocycles. The summed E-state index contributed by atoms with van der Waals surface area (Å²) in [7, 11) is 0. The van der Waals surface area contributed by atoms with E-state index in [0.29, 0.717) is 0 Å². The SMILES string of the molecule is C[C@@H]1OC[C@H](O)[C@]1(C)O. The highest BCUT2D eigenvalue weighted by Crippen LogP contribution is 2.24. The van der Waals surface area contributed by atoms with Crippen molar-refractivity contribution in [2.75, 3.05) is 6.61 Å². The quantitative estimate of drug-likeness (QED) is 0.468. The van der Waals surface area contributed by atoms with Crippen LogP contribution in [-0.2, 0) is 4.74 Å². The molecule has 0 amide bonds. The highest BCUT2D eigenvalue weighted by atomic mass is 16.5. The zero-order valence-electron chi connectivity index (χ0n) is 5.66. The molecule has 1 heterocycles. The van der Waals surface area contributed by atoms with Gasteiger partial charge in [-0.15, -0.1) is 0 Å². The van der Waals surface area contributed by atoms with Crippen molar-refractivity contribution in [3.8, 4) is 0 Å². The molecule has 0 saturated carbocycles. The molecule has 0 aromatic heterocycles. The first kappa shape index (κ1) is 6.99. The maximum atomic E-state index is 9.36. The minimum Gasteiger partial charge on any atom is -0.388 e. The first-order valence-corrected chi connectivity index (χ1v) is 3.07. The average Bonchev–Trinajstić information content (AvgIpc) is 1.96. The molecule has 3 heteroatoms. The van der Waals surface area contributed by atoms with Gasteiger partial charge in [0.15, 0.2) is 0 Å². The number of hydrogen-bond acceptors (Lipinski definition) is 3. The summed E-state index contributed by atoms with van der Waals surface area (Å²) >= 11 is 0. The van der Waals surface area contributed by atoms with Crippen molar-refractivity contribution in [2.24, 2.45) is 0 Å². The van der Waals surface area contributed by atoms with E-state index in [9.17, 15) is 5.11 Å². The van der Waals surface area contributed by atoms with Crippen molar-refractivity contribution < 1.29 is 14.9 Å². The Morgan fingerprint density at radius 3 is 2.33 bits per heavy atom. The third-order valence-corrected chi connectivity index (χ3v) is 2.00. The minimum atomic E-state index is -1.06. The van der Waals surface area contributed by atoms with Gasteiger partial charge in [0.1, 0.15) is 11.7 Å². The fourth-order valence-corrected chi connectivity index (χ4v) is 0.844. The van der Waals surface area contributed by atoms with Crippen LogP contribution in [-0.4, -0.2) is 34.6 Å². The van der Waals surface area contributed by atoms with Crippen LogP contribution in [0.15, 0.2) is 0 Å². The van der Waals surface area contributed by atoms with Crippen LogP contribution in [0.5, 0.6) is 0 Å². The van der Waals surface area contributed by atoms with E-state index in [1.807, 2.05) is 0 Å². The van der Waals surface area contributed by atoms with E-state index in [-0.39, 0.29) is 12.7 Å². The maximum absolute atomic E-state index is 9.36. The molecule has 0 radical (unpaired) electrons.